The zero-order valence-corrected chi connectivity index (χ0v) is 13.7. The summed E-state index contributed by atoms with van der Waals surface area (Å²) in [4.78, 5) is 3.99. The first-order valence-corrected chi connectivity index (χ1v) is 8.10. The Hall–Kier alpha value is -3.18. The summed E-state index contributed by atoms with van der Waals surface area (Å²) in [6.45, 7) is 1.03. The van der Waals surface area contributed by atoms with Crippen LogP contribution < -0.4 is 5.73 Å². The average Bonchev–Trinajstić information content (AvgIpc) is 3.06. The van der Waals surface area contributed by atoms with Crippen molar-refractivity contribution < 1.29 is 4.74 Å². The second kappa shape index (κ2) is 6.75. The molecule has 25 heavy (non-hydrogen) atoms. The van der Waals surface area contributed by atoms with E-state index in [1.54, 1.807) is 6.20 Å². The zero-order chi connectivity index (χ0) is 17.1. The molecule has 2 heterocycles. The number of fused-ring (bicyclic) bond motifs is 1. The molecule has 0 saturated heterocycles. The van der Waals surface area contributed by atoms with Crippen LogP contribution >= 0.6 is 0 Å². The summed E-state index contributed by atoms with van der Waals surface area (Å²) in [5, 5.41) is 5.61. The quantitative estimate of drug-likeness (QED) is 0.606. The Morgan fingerprint density at radius 2 is 1.72 bits per heavy atom. The smallest absolute Gasteiger partial charge is 0.123 e. The highest BCUT2D eigenvalue weighted by molar-refractivity contribution is 5.80. The first-order chi connectivity index (χ1) is 12.3. The summed E-state index contributed by atoms with van der Waals surface area (Å²) in [5.74, 6) is 0.509. The predicted molar refractivity (Wildman–Crippen MR) is 98.2 cm³/mol. The Morgan fingerprint density at radius 1 is 0.920 bits per heavy atom. The van der Waals surface area contributed by atoms with Crippen molar-refractivity contribution in [3.05, 3.63) is 84.2 Å². The van der Waals surface area contributed by atoms with Crippen LogP contribution in [0.3, 0.4) is 0 Å². The summed E-state index contributed by atoms with van der Waals surface area (Å²) in [5.41, 5.74) is 9.92. The largest absolute Gasteiger partial charge is 0.384 e. The van der Waals surface area contributed by atoms with Gasteiger partial charge in [0.2, 0.25) is 0 Å². The van der Waals surface area contributed by atoms with Crippen molar-refractivity contribution in [2.24, 2.45) is 0 Å². The van der Waals surface area contributed by atoms with E-state index >= 15 is 0 Å². The molecule has 0 radical (unpaired) electrons. The second-order valence-electron chi connectivity index (χ2n) is 5.87. The molecule has 0 aliphatic heterocycles. The number of para-hydroxylation sites is 1. The fourth-order valence-electron chi connectivity index (χ4n) is 2.80. The van der Waals surface area contributed by atoms with E-state index in [1.807, 2.05) is 53.3 Å². The first kappa shape index (κ1) is 15.4. The highest BCUT2D eigenvalue weighted by Crippen LogP contribution is 2.20. The zero-order valence-electron chi connectivity index (χ0n) is 13.7. The molecular formula is C20H18N4O. The van der Waals surface area contributed by atoms with Gasteiger partial charge >= 0.3 is 0 Å². The van der Waals surface area contributed by atoms with Gasteiger partial charge in [0, 0.05) is 11.6 Å². The second-order valence-corrected chi connectivity index (χ2v) is 5.87. The van der Waals surface area contributed by atoms with Crippen LogP contribution in [-0.2, 0) is 18.0 Å². The van der Waals surface area contributed by atoms with E-state index in [2.05, 4.69) is 28.3 Å². The molecule has 2 aromatic carbocycles. The maximum absolute atomic E-state index is 5.82. The van der Waals surface area contributed by atoms with Gasteiger partial charge in [-0.3, -0.25) is 0 Å². The first-order valence-electron chi connectivity index (χ1n) is 8.10. The minimum Gasteiger partial charge on any atom is -0.384 e. The summed E-state index contributed by atoms with van der Waals surface area (Å²) in [6, 6.07) is 20.1. The fraction of sp³-hybridized carbons (Fsp3) is 0.100. The Labute approximate surface area is 145 Å². The number of anilines is 1. The molecule has 2 aromatic heterocycles. The van der Waals surface area contributed by atoms with Crippen molar-refractivity contribution in [1.82, 2.24) is 14.8 Å². The van der Waals surface area contributed by atoms with Gasteiger partial charge in [-0.05, 0) is 41.5 Å². The summed E-state index contributed by atoms with van der Waals surface area (Å²) >= 11 is 0. The molecule has 0 aliphatic rings. The van der Waals surface area contributed by atoms with Crippen molar-refractivity contribution in [3.63, 3.8) is 0 Å². The lowest BCUT2D eigenvalue weighted by molar-refractivity contribution is 0.107. The number of benzene rings is 2. The van der Waals surface area contributed by atoms with Gasteiger partial charge < -0.3 is 10.5 Å². The number of hydrogen-bond donors (Lipinski definition) is 1. The summed E-state index contributed by atoms with van der Waals surface area (Å²) < 4.78 is 7.77. The van der Waals surface area contributed by atoms with Crippen LogP contribution in [0.5, 0.6) is 0 Å². The molecule has 5 nitrogen and oxygen atoms in total. The number of aromatic nitrogens is 3. The normalized spacial score (nSPS) is 11.0. The van der Waals surface area contributed by atoms with Crippen molar-refractivity contribution in [3.8, 4) is 5.69 Å². The van der Waals surface area contributed by atoms with Crippen LogP contribution in [0.4, 0.5) is 5.82 Å². The van der Waals surface area contributed by atoms with Crippen LogP contribution in [0.1, 0.15) is 11.1 Å². The van der Waals surface area contributed by atoms with E-state index in [4.69, 9.17) is 10.5 Å². The van der Waals surface area contributed by atoms with E-state index in [0.29, 0.717) is 19.0 Å². The molecule has 0 amide bonds. The highest BCUT2D eigenvalue weighted by atomic mass is 16.5. The van der Waals surface area contributed by atoms with Gasteiger partial charge in [-0.25, -0.2) is 9.67 Å². The number of rotatable bonds is 5. The van der Waals surface area contributed by atoms with Gasteiger partial charge in [0.15, 0.2) is 0 Å². The topological polar surface area (TPSA) is 66.0 Å². The van der Waals surface area contributed by atoms with Crippen molar-refractivity contribution in [2.45, 2.75) is 13.2 Å². The maximum Gasteiger partial charge on any atom is 0.123 e. The highest BCUT2D eigenvalue weighted by Gasteiger charge is 2.06. The minimum absolute atomic E-state index is 0.503. The van der Waals surface area contributed by atoms with Crippen molar-refractivity contribution in [2.75, 3.05) is 5.73 Å². The van der Waals surface area contributed by atoms with Crippen LogP contribution in [-0.4, -0.2) is 14.8 Å². The molecule has 4 rings (SSSR count). The van der Waals surface area contributed by atoms with Crippen LogP contribution in [0.15, 0.2) is 73.1 Å². The molecule has 0 unspecified atom stereocenters. The van der Waals surface area contributed by atoms with E-state index in [0.717, 1.165) is 27.7 Å². The number of nitrogens with two attached hydrogens (primary N) is 1. The van der Waals surface area contributed by atoms with Crippen LogP contribution in [0, 0.1) is 0 Å². The molecule has 0 bridgehead atoms. The lowest BCUT2D eigenvalue weighted by Gasteiger charge is -2.07. The Morgan fingerprint density at radius 3 is 2.52 bits per heavy atom. The summed E-state index contributed by atoms with van der Waals surface area (Å²) in [7, 11) is 0. The lowest BCUT2D eigenvalue weighted by atomic mass is 10.2. The summed E-state index contributed by atoms with van der Waals surface area (Å²) in [6.07, 6.45) is 3.57. The third kappa shape index (κ3) is 3.36. The average molecular weight is 330 g/mol. The third-order valence-electron chi connectivity index (χ3n) is 4.02. The number of ether oxygens (including phenoxy) is 1. The van der Waals surface area contributed by atoms with E-state index in [1.165, 1.54) is 0 Å². The predicted octanol–water partition coefficient (Wildman–Crippen LogP) is 3.72. The molecule has 4 aromatic rings. The van der Waals surface area contributed by atoms with Crippen LogP contribution in [0.2, 0.25) is 0 Å². The molecule has 5 heteroatoms. The number of nitrogen functional groups attached to an aromatic ring is 1. The van der Waals surface area contributed by atoms with E-state index in [9.17, 15) is 0 Å². The number of nitrogens with zero attached hydrogens (tertiary/aromatic N) is 3. The van der Waals surface area contributed by atoms with Gasteiger partial charge in [0.1, 0.15) is 5.82 Å². The van der Waals surface area contributed by atoms with Gasteiger partial charge in [0.25, 0.3) is 0 Å². The standard InChI is InChI=1S/C20H18N4O/c21-20-11-16(8-9-22-20)14-25-13-15-6-7-17-12-23-24(19(17)10-15)18-4-2-1-3-5-18/h1-12H,13-14H2,(H2,21,22). The van der Waals surface area contributed by atoms with Gasteiger partial charge in [-0.2, -0.15) is 5.10 Å². The molecule has 0 saturated carbocycles. The Balaban J connectivity index is 1.53. The third-order valence-corrected chi connectivity index (χ3v) is 4.02. The van der Waals surface area contributed by atoms with Crippen molar-refractivity contribution >= 4 is 16.7 Å². The molecule has 0 fully saturated rings. The minimum atomic E-state index is 0.503. The SMILES string of the molecule is Nc1cc(COCc2ccc3cnn(-c4ccccc4)c3c2)ccn1. The lowest BCUT2D eigenvalue weighted by Crippen LogP contribution is -1.98. The molecule has 124 valence electrons. The van der Waals surface area contributed by atoms with Gasteiger partial charge in [0.05, 0.1) is 30.6 Å². The van der Waals surface area contributed by atoms with Crippen LogP contribution in [0.25, 0.3) is 16.6 Å². The monoisotopic (exact) mass is 330 g/mol. The maximum atomic E-state index is 5.82. The van der Waals surface area contributed by atoms with Gasteiger partial charge in [-0.15, -0.1) is 0 Å². The molecular weight excluding hydrogens is 312 g/mol. The van der Waals surface area contributed by atoms with Crippen molar-refractivity contribution in [1.29, 1.82) is 0 Å². The molecule has 0 atom stereocenters. The Kier molecular flexibility index (Phi) is 4.14. The van der Waals surface area contributed by atoms with E-state index in [-0.39, 0.29) is 0 Å². The van der Waals surface area contributed by atoms with E-state index < -0.39 is 0 Å². The molecule has 2 N–H and O–H groups in total. The molecule has 0 spiro atoms. The molecule has 0 aliphatic carbocycles. The Bertz CT molecular complexity index is 995. The number of pyridine rings is 1. The van der Waals surface area contributed by atoms with Gasteiger partial charge in [-0.1, -0.05) is 30.3 Å². The number of hydrogen-bond acceptors (Lipinski definition) is 4. The fourth-order valence-corrected chi connectivity index (χ4v) is 2.80.